The molecular weight excluding hydrogens is 345 g/mol. The molecule has 0 radical (unpaired) electrons. The van der Waals surface area contributed by atoms with Gasteiger partial charge in [0.15, 0.2) is 5.78 Å². The molecular formula is C19H19ClFNOS. The lowest BCUT2D eigenvalue weighted by Crippen LogP contribution is -2.38. The third-order valence-corrected chi connectivity index (χ3v) is 6.71. The van der Waals surface area contributed by atoms with Crippen molar-refractivity contribution in [1.29, 1.82) is 0 Å². The Morgan fingerprint density at radius 3 is 2.83 bits per heavy atom. The molecule has 1 aromatic carbocycles. The van der Waals surface area contributed by atoms with Gasteiger partial charge in [-0.3, -0.25) is 4.79 Å². The molecule has 3 aliphatic rings. The number of carbonyl (C=O) groups excluding carboxylic acids is 1. The van der Waals surface area contributed by atoms with Crippen molar-refractivity contribution in [3.63, 3.8) is 0 Å². The number of dihydropyridines is 1. The number of hydrogen-bond donors (Lipinski definition) is 1. The van der Waals surface area contributed by atoms with Crippen molar-refractivity contribution >= 4 is 29.1 Å². The van der Waals surface area contributed by atoms with Crippen LogP contribution in [0.2, 0.25) is 5.02 Å². The smallest absolute Gasteiger partial charge is 0.167 e. The molecule has 0 spiro atoms. The number of thioether (sulfide) groups is 1. The zero-order valence-electron chi connectivity index (χ0n) is 13.7. The minimum absolute atomic E-state index is 0.112. The number of allylic oxidation sites excluding steroid dienone is 4. The maximum atomic E-state index is 13.6. The van der Waals surface area contributed by atoms with Gasteiger partial charge in [-0.25, -0.2) is 4.39 Å². The normalized spacial score (nSPS) is 25.5. The van der Waals surface area contributed by atoms with E-state index in [4.69, 9.17) is 11.6 Å². The highest BCUT2D eigenvalue weighted by molar-refractivity contribution is 8.03. The van der Waals surface area contributed by atoms with Gasteiger partial charge in [0.2, 0.25) is 0 Å². The second-order valence-electron chi connectivity index (χ2n) is 7.28. The van der Waals surface area contributed by atoms with E-state index >= 15 is 0 Å². The van der Waals surface area contributed by atoms with E-state index in [1.54, 1.807) is 23.9 Å². The molecule has 0 fully saturated rings. The van der Waals surface area contributed by atoms with Crippen molar-refractivity contribution in [1.82, 2.24) is 5.32 Å². The minimum Gasteiger partial charge on any atom is -0.361 e. The van der Waals surface area contributed by atoms with E-state index in [-0.39, 0.29) is 22.1 Å². The number of rotatable bonds is 1. The van der Waals surface area contributed by atoms with Crippen LogP contribution in [0.25, 0.3) is 0 Å². The summed E-state index contributed by atoms with van der Waals surface area (Å²) in [6.45, 7) is 4.03. The Hall–Kier alpha value is -1.26. The maximum absolute atomic E-state index is 13.6. The Labute approximate surface area is 150 Å². The van der Waals surface area contributed by atoms with Crippen LogP contribution < -0.4 is 5.32 Å². The fraction of sp³-hybridized carbons (Fsp3) is 0.421. The summed E-state index contributed by atoms with van der Waals surface area (Å²) in [7, 11) is 0. The van der Waals surface area contributed by atoms with Gasteiger partial charge in [0.25, 0.3) is 0 Å². The summed E-state index contributed by atoms with van der Waals surface area (Å²) in [5, 5.41) is 3.63. The summed E-state index contributed by atoms with van der Waals surface area (Å²) < 4.78 is 13.6. The number of halogens is 2. The molecule has 5 heteroatoms. The number of ketones is 1. The van der Waals surface area contributed by atoms with Gasteiger partial charge in [-0.2, -0.15) is 0 Å². The molecule has 2 heterocycles. The van der Waals surface area contributed by atoms with Crippen LogP contribution in [0.3, 0.4) is 0 Å². The number of benzene rings is 1. The first-order valence-electron chi connectivity index (χ1n) is 8.24. The number of hydrogen-bond acceptors (Lipinski definition) is 3. The van der Waals surface area contributed by atoms with Gasteiger partial charge < -0.3 is 5.32 Å². The van der Waals surface area contributed by atoms with Crippen molar-refractivity contribution in [3.8, 4) is 0 Å². The van der Waals surface area contributed by atoms with E-state index in [1.165, 1.54) is 16.7 Å². The fourth-order valence-corrected chi connectivity index (χ4v) is 5.26. The molecule has 126 valence electrons. The van der Waals surface area contributed by atoms with Gasteiger partial charge in [0.05, 0.1) is 5.02 Å². The Morgan fingerprint density at radius 2 is 2.08 bits per heavy atom. The van der Waals surface area contributed by atoms with Crippen LogP contribution in [0.5, 0.6) is 0 Å². The summed E-state index contributed by atoms with van der Waals surface area (Å²) in [5.74, 6) is 0.670. The maximum Gasteiger partial charge on any atom is 0.167 e. The lowest BCUT2D eigenvalue weighted by molar-refractivity contribution is -0.124. The number of Topliss-reactive ketones (excluding diaryl/α,β-unsaturated/α-hetero) is 1. The number of nitrogens with one attached hydrogen (secondary N) is 1. The van der Waals surface area contributed by atoms with Crippen LogP contribution in [-0.4, -0.2) is 11.5 Å². The Bertz CT molecular complexity index is 812. The molecule has 1 N–H and O–H groups in total. The Morgan fingerprint density at radius 1 is 1.29 bits per heavy atom. The standard InChI is InChI=1S/C19H19ClFNOS/c1-19(2)7-5-13-16(18(19)23)15(17-14(22-13)6-8-24-17)10-3-4-12(21)11(20)9-10/h3-4,9,15,22H,5-8H2,1-2H3. The van der Waals surface area contributed by atoms with E-state index in [2.05, 4.69) is 5.32 Å². The van der Waals surface area contributed by atoms with Crippen LogP contribution in [0.1, 0.15) is 44.6 Å². The van der Waals surface area contributed by atoms with Crippen molar-refractivity contribution in [2.45, 2.75) is 39.0 Å². The molecule has 2 nitrogen and oxygen atoms in total. The van der Waals surface area contributed by atoms with E-state index in [0.29, 0.717) is 0 Å². The average Bonchev–Trinajstić information content (AvgIpc) is 3.00. The van der Waals surface area contributed by atoms with Crippen LogP contribution in [0, 0.1) is 11.2 Å². The largest absolute Gasteiger partial charge is 0.361 e. The van der Waals surface area contributed by atoms with Gasteiger partial charge in [-0.1, -0.05) is 31.5 Å². The second kappa shape index (κ2) is 5.63. The first kappa shape index (κ1) is 16.2. The van der Waals surface area contributed by atoms with Crippen LogP contribution in [0.4, 0.5) is 4.39 Å². The average molecular weight is 364 g/mol. The SMILES string of the molecule is CC1(C)CCC2=C(C1=O)C(c1ccc(F)c(Cl)c1)C1=C(CCS1)N2. The first-order valence-corrected chi connectivity index (χ1v) is 9.60. The van der Waals surface area contributed by atoms with Gasteiger partial charge >= 0.3 is 0 Å². The molecule has 2 aliphatic heterocycles. The molecule has 1 aromatic rings. The van der Waals surface area contributed by atoms with E-state index < -0.39 is 5.82 Å². The summed E-state index contributed by atoms with van der Waals surface area (Å²) in [4.78, 5) is 14.4. The molecule has 1 aliphatic carbocycles. The summed E-state index contributed by atoms with van der Waals surface area (Å²) >= 11 is 7.82. The van der Waals surface area contributed by atoms with E-state index in [1.807, 2.05) is 13.8 Å². The van der Waals surface area contributed by atoms with Crippen molar-refractivity contribution in [3.05, 3.63) is 56.5 Å². The monoisotopic (exact) mass is 363 g/mol. The molecule has 0 aromatic heterocycles. The minimum atomic E-state index is -0.424. The zero-order valence-corrected chi connectivity index (χ0v) is 15.3. The lowest BCUT2D eigenvalue weighted by Gasteiger charge is -2.39. The summed E-state index contributed by atoms with van der Waals surface area (Å²) in [6.07, 6.45) is 2.71. The van der Waals surface area contributed by atoms with Gasteiger partial charge in [0.1, 0.15) is 5.82 Å². The molecule has 24 heavy (non-hydrogen) atoms. The highest BCUT2D eigenvalue weighted by atomic mass is 35.5. The van der Waals surface area contributed by atoms with Gasteiger partial charge in [0, 0.05) is 39.0 Å². The molecule has 0 amide bonds. The predicted molar refractivity (Wildman–Crippen MR) is 96.4 cm³/mol. The fourth-order valence-electron chi connectivity index (χ4n) is 3.80. The zero-order chi connectivity index (χ0) is 17.1. The lowest BCUT2D eigenvalue weighted by atomic mass is 9.69. The number of carbonyl (C=O) groups is 1. The molecule has 0 saturated heterocycles. The molecule has 1 atom stereocenters. The van der Waals surface area contributed by atoms with Gasteiger partial charge in [-0.15, -0.1) is 11.8 Å². The van der Waals surface area contributed by atoms with Crippen LogP contribution in [-0.2, 0) is 4.79 Å². The highest BCUT2D eigenvalue weighted by Gasteiger charge is 2.44. The topological polar surface area (TPSA) is 29.1 Å². The Balaban J connectivity index is 1.88. The van der Waals surface area contributed by atoms with E-state index in [0.717, 1.165) is 41.8 Å². The van der Waals surface area contributed by atoms with E-state index in [9.17, 15) is 9.18 Å². The quantitative estimate of drug-likeness (QED) is 0.747. The molecule has 1 unspecified atom stereocenters. The summed E-state index contributed by atoms with van der Waals surface area (Å²) in [5.41, 5.74) is 3.66. The van der Waals surface area contributed by atoms with Crippen LogP contribution in [0.15, 0.2) is 40.1 Å². The molecule has 4 rings (SSSR count). The molecule has 0 bridgehead atoms. The van der Waals surface area contributed by atoms with Crippen LogP contribution >= 0.6 is 23.4 Å². The predicted octanol–water partition coefficient (Wildman–Crippen LogP) is 5.16. The molecule has 0 saturated carbocycles. The van der Waals surface area contributed by atoms with Crippen molar-refractivity contribution in [2.24, 2.45) is 5.41 Å². The van der Waals surface area contributed by atoms with Gasteiger partial charge in [-0.05, 0) is 37.0 Å². The first-order chi connectivity index (χ1) is 11.4. The Kier molecular flexibility index (Phi) is 3.81. The highest BCUT2D eigenvalue weighted by Crippen LogP contribution is 2.52. The second-order valence-corrected chi connectivity index (χ2v) is 8.82. The van der Waals surface area contributed by atoms with Crippen molar-refractivity contribution < 1.29 is 9.18 Å². The summed E-state index contributed by atoms with van der Waals surface area (Å²) in [6, 6.07) is 4.84. The third kappa shape index (κ3) is 2.42. The van der Waals surface area contributed by atoms with Crippen molar-refractivity contribution in [2.75, 3.05) is 5.75 Å². The third-order valence-electron chi connectivity index (χ3n) is 5.22.